The molecule has 0 fully saturated rings. The van der Waals surface area contributed by atoms with E-state index in [4.69, 9.17) is 5.73 Å². The van der Waals surface area contributed by atoms with Gasteiger partial charge < -0.3 is 16.0 Å². The number of nitrogens with zero attached hydrogens (tertiary/aromatic N) is 1. The Kier molecular flexibility index (Phi) is 3.97. The van der Waals surface area contributed by atoms with E-state index in [1.54, 1.807) is 19.4 Å². The van der Waals surface area contributed by atoms with Gasteiger partial charge in [-0.2, -0.15) is 0 Å². The van der Waals surface area contributed by atoms with E-state index in [1.165, 1.54) is 0 Å². The Morgan fingerprint density at radius 3 is 2.79 bits per heavy atom. The topological polar surface area (TPSA) is 83.8 Å². The molecular formula is C14H18N4O. The van der Waals surface area contributed by atoms with Gasteiger partial charge in [0.15, 0.2) is 0 Å². The predicted molar refractivity (Wildman–Crippen MR) is 73.3 cm³/mol. The summed E-state index contributed by atoms with van der Waals surface area (Å²) in [5.41, 5.74) is 6.88. The smallest absolute Gasteiger partial charge is 0.244 e. The molecule has 100 valence electrons. The molecule has 1 unspecified atom stereocenters. The number of imidazole rings is 1. The number of aromatic amines is 1. The van der Waals surface area contributed by atoms with Gasteiger partial charge in [-0.1, -0.05) is 30.3 Å². The van der Waals surface area contributed by atoms with E-state index in [0.29, 0.717) is 13.0 Å². The van der Waals surface area contributed by atoms with Crippen molar-refractivity contribution in [3.05, 3.63) is 54.1 Å². The molecule has 5 nitrogen and oxygen atoms in total. The van der Waals surface area contributed by atoms with E-state index in [0.717, 1.165) is 11.3 Å². The number of nitrogens with two attached hydrogens (primary N) is 1. The van der Waals surface area contributed by atoms with Gasteiger partial charge in [-0.05, 0) is 12.5 Å². The maximum atomic E-state index is 12.1. The first-order valence-electron chi connectivity index (χ1n) is 6.20. The summed E-state index contributed by atoms with van der Waals surface area (Å²) in [5.74, 6) is -0.182. The second kappa shape index (κ2) is 5.67. The van der Waals surface area contributed by atoms with Crippen molar-refractivity contribution in [3.8, 4) is 0 Å². The van der Waals surface area contributed by atoms with E-state index in [2.05, 4.69) is 15.3 Å². The molecule has 1 aromatic heterocycles. The molecule has 0 aliphatic rings. The van der Waals surface area contributed by atoms with Crippen LogP contribution in [0.2, 0.25) is 0 Å². The van der Waals surface area contributed by atoms with Gasteiger partial charge >= 0.3 is 0 Å². The molecule has 2 aromatic rings. The summed E-state index contributed by atoms with van der Waals surface area (Å²) in [6.07, 6.45) is 4.07. The summed E-state index contributed by atoms with van der Waals surface area (Å²) in [5, 5.41) is 2.85. The summed E-state index contributed by atoms with van der Waals surface area (Å²) in [4.78, 5) is 19.0. The second-order valence-corrected chi connectivity index (χ2v) is 4.65. The lowest BCUT2D eigenvalue weighted by Crippen LogP contribution is -2.49. The molecule has 1 amide bonds. The Labute approximate surface area is 112 Å². The van der Waals surface area contributed by atoms with E-state index < -0.39 is 5.54 Å². The molecule has 0 spiro atoms. The lowest BCUT2D eigenvalue weighted by atomic mass is 9.92. The maximum Gasteiger partial charge on any atom is 0.244 e. The highest BCUT2D eigenvalue weighted by Gasteiger charge is 2.29. The van der Waals surface area contributed by atoms with Crippen molar-refractivity contribution < 1.29 is 4.79 Å². The Morgan fingerprint density at radius 2 is 2.16 bits per heavy atom. The molecule has 0 saturated carbocycles. The number of aromatic nitrogens is 2. The molecule has 2 rings (SSSR count). The van der Waals surface area contributed by atoms with Crippen LogP contribution in [-0.4, -0.2) is 22.4 Å². The summed E-state index contributed by atoms with van der Waals surface area (Å²) in [7, 11) is 0. The predicted octanol–water partition coefficient (Wildman–Crippen LogP) is 0.943. The lowest BCUT2D eigenvalue weighted by Gasteiger charge is -2.24. The first kappa shape index (κ1) is 13.3. The largest absolute Gasteiger partial charge is 0.354 e. The van der Waals surface area contributed by atoms with Crippen molar-refractivity contribution in [2.75, 3.05) is 6.54 Å². The van der Waals surface area contributed by atoms with E-state index in [1.807, 2.05) is 30.3 Å². The van der Waals surface area contributed by atoms with Crippen LogP contribution in [0.5, 0.6) is 0 Å². The van der Waals surface area contributed by atoms with Crippen molar-refractivity contribution in [1.29, 1.82) is 0 Å². The summed E-state index contributed by atoms with van der Waals surface area (Å²) < 4.78 is 0. The molecule has 1 aromatic carbocycles. The molecule has 0 aliphatic carbocycles. The molecule has 1 atom stereocenters. The van der Waals surface area contributed by atoms with Gasteiger partial charge in [0.25, 0.3) is 0 Å². The first-order valence-corrected chi connectivity index (χ1v) is 6.20. The number of hydrogen-bond donors (Lipinski definition) is 3. The molecule has 5 heteroatoms. The Morgan fingerprint density at radius 1 is 1.42 bits per heavy atom. The molecule has 0 aliphatic heterocycles. The van der Waals surface area contributed by atoms with Crippen LogP contribution in [-0.2, 0) is 16.8 Å². The first-order chi connectivity index (χ1) is 9.10. The Balaban J connectivity index is 1.92. The van der Waals surface area contributed by atoms with Gasteiger partial charge in [0, 0.05) is 24.9 Å². The number of rotatable bonds is 5. The Bertz CT molecular complexity index is 520. The minimum atomic E-state index is -1.02. The van der Waals surface area contributed by atoms with Gasteiger partial charge in [0.05, 0.1) is 6.33 Å². The third-order valence-corrected chi connectivity index (χ3v) is 3.08. The van der Waals surface area contributed by atoms with Crippen molar-refractivity contribution in [3.63, 3.8) is 0 Å². The normalized spacial score (nSPS) is 13.8. The zero-order valence-corrected chi connectivity index (χ0v) is 10.9. The standard InChI is InChI=1S/C14H18N4O/c1-14(15,11-5-3-2-4-6-11)13(19)17-8-7-12-9-16-10-18-12/h2-6,9-10H,7-8,15H2,1H3,(H,16,18)(H,17,19). The van der Waals surface area contributed by atoms with Crippen LogP contribution < -0.4 is 11.1 Å². The highest BCUT2D eigenvalue weighted by molar-refractivity contribution is 5.86. The van der Waals surface area contributed by atoms with Gasteiger partial charge in [-0.15, -0.1) is 0 Å². The van der Waals surface area contributed by atoms with Crippen LogP contribution in [0.4, 0.5) is 0 Å². The average molecular weight is 258 g/mol. The van der Waals surface area contributed by atoms with Crippen LogP contribution in [0.25, 0.3) is 0 Å². The number of H-pyrrole nitrogens is 1. The highest BCUT2D eigenvalue weighted by Crippen LogP contribution is 2.17. The number of amides is 1. The monoisotopic (exact) mass is 258 g/mol. The second-order valence-electron chi connectivity index (χ2n) is 4.65. The van der Waals surface area contributed by atoms with Gasteiger partial charge in [0.2, 0.25) is 5.91 Å². The fraction of sp³-hybridized carbons (Fsp3) is 0.286. The minimum Gasteiger partial charge on any atom is -0.354 e. The molecular weight excluding hydrogens is 240 g/mol. The fourth-order valence-corrected chi connectivity index (χ4v) is 1.83. The minimum absolute atomic E-state index is 0.182. The molecule has 0 bridgehead atoms. The Hall–Kier alpha value is -2.14. The van der Waals surface area contributed by atoms with Crippen molar-refractivity contribution in [1.82, 2.24) is 15.3 Å². The highest BCUT2D eigenvalue weighted by atomic mass is 16.2. The molecule has 1 heterocycles. The SMILES string of the molecule is CC(N)(C(=O)NCCc1cnc[nH]1)c1ccccc1. The zero-order valence-electron chi connectivity index (χ0n) is 10.9. The van der Waals surface area contributed by atoms with Crippen LogP contribution >= 0.6 is 0 Å². The van der Waals surface area contributed by atoms with Crippen molar-refractivity contribution >= 4 is 5.91 Å². The third-order valence-electron chi connectivity index (χ3n) is 3.08. The summed E-state index contributed by atoms with van der Waals surface area (Å²) in [6, 6.07) is 9.36. The molecule has 0 saturated heterocycles. The maximum absolute atomic E-state index is 12.1. The van der Waals surface area contributed by atoms with Crippen LogP contribution in [0.3, 0.4) is 0 Å². The molecule has 19 heavy (non-hydrogen) atoms. The van der Waals surface area contributed by atoms with E-state index >= 15 is 0 Å². The van der Waals surface area contributed by atoms with Gasteiger partial charge in [-0.25, -0.2) is 4.98 Å². The fourth-order valence-electron chi connectivity index (χ4n) is 1.83. The number of hydrogen-bond acceptors (Lipinski definition) is 3. The number of carbonyl (C=O) groups excluding carboxylic acids is 1. The van der Waals surface area contributed by atoms with E-state index in [9.17, 15) is 4.79 Å². The summed E-state index contributed by atoms with van der Waals surface area (Å²) >= 11 is 0. The van der Waals surface area contributed by atoms with Gasteiger partial charge in [0.1, 0.15) is 5.54 Å². The van der Waals surface area contributed by atoms with Crippen molar-refractivity contribution in [2.45, 2.75) is 18.9 Å². The zero-order chi connectivity index (χ0) is 13.7. The van der Waals surface area contributed by atoms with Crippen LogP contribution in [0.1, 0.15) is 18.2 Å². The van der Waals surface area contributed by atoms with Crippen LogP contribution in [0, 0.1) is 0 Å². The molecule has 4 N–H and O–H groups in total. The molecule has 0 radical (unpaired) electrons. The number of carbonyl (C=O) groups is 1. The van der Waals surface area contributed by atoms with Gasteiger partial charge in [-0.3, -0.25) is 4.79 Å². The lowest BCUT2D eigenvalue weighted by molar-refractivity contribution is -0.126. The summed E-state index contributed by atoms with van der Waals surface area (Å²) in [6.45, 7) is 2.24. The quantitative estimate of drug-likeness (QED) is 0.746. The number of nitrogens with one attached hydrogen (secondary N) is 2. The van der Waals surface area contributed by atoms with Crippen LogP contribution in [0.15, 0.2) is 42.9 Å². The number of benzene rings is 1. The third kappa shape index (κ3) is 3.20. The van der Waals surface area contributed by atoms with Crippen molar-refractivity contribution in [2.24, 2.45) is 5.73 Å². The average Bonchev–Trinajstić information content (AvgIpc) is 2.93. The van der Waals surface area contributed by atoms with E-state index in [-0.39, 0.29) is 5.91 Å².